The molecule has 1 nitrogen and oxygen atoms in total. The lowest BCUT2D eigenvalue weighted by atomic mass is 10.1. The first-order valence-electron chi connectivity index (χ1n) is 5.81. The summed E-state index contributed by atoms with van der Waals surface area (Å²) in [5, 5.41) is 2.64. The monoisotopic (exact) mass is 213 g/mol. The third-order valence-corrected chi connectivity index (χ3v) is 3.16. The van der Waals surface area contributed by atoms with Crippen LogP contribution in [0.15, 0.2) is 36.4 Å². The lowest BCUT2D eigenvalue weighted by molar-refractivity contribution is 0.755. The fourth-order valence-electron chi connectivity index (χ4n) is 1.87. The molecule has 0 aliphatic rings. The SMILES string of the molecule is Cc1ccc2cc(N(C)C(C)C)ccc2c1. The Morgan fingerprint density at radius 3 is 2.25 bits per heavy atom. The molecule has 2 aromatic carbocycles. The molecule has 0 aliphatic carbocycles. The van der Waals surface area contributed by atoms with Crippen LogP contribution < -0.4 is 4.90 Å². The third kappa shape index (κ3) is 2.04. The lowest BCUT2D eigenvalue weighted by Crippen LogP contribution is -2.25. The normalized spacial score (nSPS) is 11.1. The van der Waals surface area contributed by atoms with Crippen molar-refractivity contribution in [2.45, 2.75) is 26.8 Å². The van der Waals surface area contributed by atoms with Crippen LogP contribution in [0.2, 0.25) is 0 Å². The van der Waals surface area contributed by atoms with E-state index in [1.54, 1.807) is 0 Å². The number of rotatable bonds is 2. The van der Waals surface area contributed by atoms with Gasteiger partial charge in [0.1, 0.15) is 0 Å². The number of hydrogen-bond acceptors (Lipinski definition) is 1. The number of fused-ring (bicyclic) bond motifs is 1. The summed E-state index contributed by atoms with van der Waals surface area (Å²) in [4.78, 5) is 2.29. The van der Waals surface area contributed by atoms with Crippen LogP contribution in [-0.2, 0) is 0 Å². The van der Waals surface area contributed by atoms with Crippen molar-refractivity contribution >= 4 is 16.5 Å². The standard InChI is InChI=1S/C15H19N/c1-11(2)16(4)15-8-7-13-9-12(3)5-6-14(13)10-15/h5-11H,1-4H3. The van der Waals surface area contributed by atoms with Gasteiger partial charge >= 0.3 is 0 Å². The molecule has 0 saturated carbocycles. The van der Waals surface area contributed by atoms with E-state index in [0.717, 1.165) is 0 Å². The van der Waals surface area contributed by atoms with E-state index >= 15 is 0 Å². The largest absolute Gasteiger partial charge is 0.372 e. The molecule has 0 unspecified atom stereocenters. The summed E-state index contributed by atoms with van der Waals surface area (Å²) in [7, 11) is 2.14. The Kier molecular flexibility index (Phi) is 2.86. The highest BCUT2D eigenvalue weighted by Crippen LogP contribution is 2.23. The molecule has 0 radical (unpaired) electrons. The van der Waals surface area contributed by atoms with Crippen molar-refractivity contribution in [2.75, 3.05) is 11.9 Å². The van der Waals surface area contributed by atoms with Crippen LogP contribution in [0.25, 0.3) is 10.8 Å². The Morgan fingerprint density at radius 1 is 0.938 bits per heavy atom. The molecule has 1 heteroatoms. The molecule has 0 aromatic heterocycles. The van der Waals surface area contributed by atoms with Gasteiger partial charge in [-0.1, -0.05) is 29.8 Å². The third-order valence-electron chi connectivity index (χ3n) is 3.16. The average molecular weight is 213 g/mol. The fraction of sp³-hybridized carbons (Fsp3) is 0.333. The van der Waals surface area contributed by atoms with E-state index < -0.39 is 0 Å². The van der Waals surface area contributed by atoms with Crippen LogP contribution in [0.1, 0.15) is 19.4 Å². The molecule has 0 spiro atoms. The molecule has 0 bridgehead atoms. The first kappa shape index (κ1) is 11.0. The fourth-order valence-corrected chi connectivity index (χ4v) is 1.87. The van der Waals surface area contributed by atoms with Gasteiger partial charge in [0.2, 0.25) is 0 Å². The number of hydrogen-bond donors (Lipinski definition) is 0. The maximum atomic E-state index is 2.29. The van der Waals surface area contributed by atoms with Gasteiger partial charge in [-0.05, 0) is 43.7 Å². The molecule has 0 N–H and O–H groups in total. The minimum absolute atomic E-state index is 0.530. The number of nitrogens with zero attached hydrogens (tertiary/aromatic N) is 1. The van der Waals surface area contributed by atoms with Gasteiger partial charge in [-0.3, -0.25) is 0 Å². The smallest absolute Gasteiger partial charge is 0.0372 e. The first-order chi connectivity index (χ1) is 7.58. The zero-order valence-electron chi connectivity index (χ0n) is 10.5. The van der Waals surface area contributed by atoms with Crippen molar-refractivity contribution < 1.29 is 0 Å². The van der Waals surface area contributed by atoms with Crippen molar-refractivity contribution in [1.82, 2.24) is 0 Å². The van der Waals surface area contributed by atoms with Crippen LogP contribution in [0.3, 0.4) is 0 Å². The molecule has 0 aliphatic heterocycles. The molecular formula is C15H19N. The molecule has 2 rings (SSSR count). The topological polar surface area (TPSA) is 3.24 Å². The first-order valence-corrected chi connectivity index (χ1v) is 5.81. The maximum Gasteiger partial charge on any atom is 0.0372 e. The highest BCUT2D eigenvalue weighted by molar-refractivity contribution is 5.86. The number of anilines is 1. The Labute approximate surface area is 97.7 Å². The second-order valence-corrected chi connectivity index (χ2v) is 4.74. The van der Waals surface area contributed by atoms with E-state index in [2.05, 4.69) is 69.1 Å². The summed E-state index contributed by atoms with van der Waals surface area (Å²) in [6, 6.07) is 13.8. The van der Waals surface area contributed by atoms with Crippen molar-refractivity contribution in [3.05, 3.63) is 42.0 Å². The van der Waals surface area contributed by atoms with Crippen LogP contribution in [0, 0.1) is 6.92 Å². The number of aryl methyl sites for hydroxylation is 1. The summed E-state index contributed by atoms with van der Waals surface area (Å²) in [5.41, 5.74) is 2.60. The van der Waals surface area contributed by atoms with Crippen molar-refractivity contribution in [3.8, 4) is 0 Å². The van der Waals surface area contributed by atoms with Crippen molar-refractivity contribution in [3.63, 3.8) is 0 Å². The van der Waals surface area contributed by atoms with Gasteiger partial charge in [0.25, 0.3) is 0 Å². The van der Waals surface area contributed by atoms with Crippen LogP contribution in [0.4, 0.5) is 5.69 Å². The zero-order valence-corrected chi connectivity index (χ0v) is 10.5. The lowest BCUT2D eigenvalue weighted by Gasteiger charge is -2.24. The second kappa shape index (κ2) is 4.17. The Hall–Kier alpha value is -1.50. The predicted molar refractivity (Wildman–Crippen MR) is 72.2 cm³/mol. The Morgan fingerprint density at radius 2 is 1.56 bits per heavy atom. The summed E-state index contributed by atoms with van der Waals surface area (Å²) >= 11 is 0. The van der Waals surface area contributed by atoms with Crippen molar-refractivity contribution in [1.29, 1.82) is 0 Å². The van der Waals surface area contributed by atoms with Gasteiger partial charge in [-0.2, -0.15) is 0 Å². The molecule has 84 valence electrons. The summed E-state index contributed by atoms with van der Waals surface area (Å²) in [5.74, 6) is 0. The van der Waals surface area contributed by atoms with Gasteiger partial charge < -0.3 is 4.90 Å². The van der Waals surface area contributed by atoms with E-state index in [-0.39, 0.29) is 0 Å². The van der Waals surface area contributed by atoms with Crippen molar-refractivity contribution in [2.24, 2.45) is 0 Å². The van der Waals surface area contributed by atoms with E-state index in [9.17, 15) is 0 Å². The molecule has 0 heterocycles. The average Bonchev–Trinajstić information content (AvgIpc) is 2.27. The van der Waals surface area contributed by atoms with E-state index in [4.69, 9.17) is 0 Å². The molecule has 0 amide bonds. The zero-order chi connectivity index (χ0) is 11.7. The van der Waals surface area contributed by atoms with Crippen LogP contribution in [0.5, 0.6) is 0 Å². The van der Waals surface area contributed by atoms with Crippen LogP contribution in [-0.4, -0.2) is 13.1 Å². The van der Waals surface area contributed by atoms with E-state index in [1.165, 1.54) is 22.0 Å². The number of benzene rings is 2. The summed E-state index contributed by atoms with van der Waals surface area (Å²) in [6.07, 6.45) is 0. The second-order valence-electron chi connectivity index (χ2n) is 4.74. The summed E-state index contributed by atoms with van der Waals surface area (Å²) in [6.45, 7) is 6.55. The van der Waals surface area contributed by atoms with Gasteiger partial charge in [0, 0.05) is 18.8 Å². The predicted octanol–water partition coefficient (Wildman–Crippen LogP) is 3.99. The summed E-state index contributed by atoms with van der Waals surface area (Å²) < 4.78 is 0. The molecule has 0 saturated heterocycles. The molecule has 0 atom stereocenters. The van der Waals surface area contributed by atoms with Crippen LogP contribution >= 0.6 is 0 Å². The maximum absolute atomic E-state index is 2.29. The van der Waals surface area contributed by atoms with Gasteiger partial charge in [-0.15, -0.1) is 0 Å². The van der Waals surface area contributed by atoms with Gasteiger partial charge in [0.15, 0.2) is 0 Å². The molecular weight excluding hydrogens is 194 g/mol. The molecule has 0 fully saturated rings. The van der Waals surface area contributed by atoms with E-state index in [0.29, 0.717) is 6.04 Å². The van der Waals surface area contributed by atoms with Gasteiger partial charge in [-0.25, -0.2) is 0 Å². The molecule has 2 aromatic rings. The van der Waals surface area contributed by atoms with Gasteiger partial charge in [0.05, 0.1) is 0 Å². The highest BCUT2D eigenvalue weighted by Gasteiger charge is 2.05. The minimum Gasteiger partial charge on any atom is -0.372 e. The quantitative estimate of drug-likeness (QED) is 0.729. The highest BCUT2D eigenvalue weighted by atomic mass is 15.1. The minimum atomic E-state index is 0.530. The Balaban J connectivity index is 2.48. The van der Waals surface area contributed by atoms with E-state index in [1.807, 2.05) is 0 Å². The molecule has 16 heavy (non-hydrogen) atoms. The Bertz CT molecular complexity index is 500.